The van der Waals surface area contributed by atoms with E-state index >= 15 is 0 Å². The molecule has 1 saturated carbocycles. The number of halogens is 2. The highest BCUT2D eigenvalue weighted by Crippen LogP contribution is 2.69. The van der Waals surface area contributed by atoms with E-state index in [1.807, 2.05) is 29.2 Å². The van der Waals surface area contributed by atoms with Gasteiger partial charge in [-0.1, -0.05) is 26.8 Å². The van der Waals surface area contributed by atoms with Gasteiger partial charge in [0.2, 0.25) is 0 Å². The SMILES string of the molecule is CCCn1ccc(-c2cncc([C@@]34CC[C@@H](c5cc(-c6c(F)cccc6F)nnc53)C4(C)C)n2)n1. The van der Waals surface area contributed by atoms with Gasteiger partial charge in [0.25, 0.3) is 0 Å². The van der Waals surface area contributed by atoms with Gasteiger partial charge < -0.3 is 0 Å². The van der Waals surface area contributed by atoms with E-state index in [0.29, 0.717) is 0 Å². The van der Waals surface area contributed by atoms with Crippen molar-refractivity contribution < 1.29 is 8.78 Å². The Bertz CT molecular complexity index is 1430. The summed E-state index contributed by atoms with van der Waals surface area (Å²) < 4.78 is 30.9. The van der Waals surface area contributed by atoms with Gasteiger partial charge in [-0.3, -0.25) is 9.67 Å². The molecule has 2 atom stereocenters. The molecule has 0 N–H and O–H groups in total. The van der Waals surface area contributed by atoms with Crippen LogP contribution in [0, 0.1) is 17.0 Å². The van der Waals surface area contributed by atoms with Crippen LogP contribution in [-0.4, -0.2) is 29.9 Å². The zero-order chi connectivity index (χ0) is 24.4. The van der Waals surface area contributed by atoms with Gasteiger partial charge in [-0.15, -0.1) is 5.10 Å². The molecular formula is C27H26F2N6. The number of benzene rings is 1. The third-order valence-corrected chi connectivity index (χ3v) is 8.03. The van der Waals surface area contributed by atoms with Gasteiger partial charge in [-0.2, -0.15) is 10.2 Å². The lowest BCUT2D eigenvalue weighted by Gasteiger charge is -2.37. The van der Waals surface area contributed by atoms with Crippen LogP contribution in [0.4, 0.5) is 8.78 Å². The molecule has 1 fully saturated rings. The second-order valence-electron chi connectivity index (χ2n) is 10.1. The standard InChI is InChI=1S/C27H26F2N6/c1-4-11-35-12-9-20(34-35)22-14-30-15-23(31-22)27-10-8-17(26(27,2)3)16-13-21(32-33-25(16)27)24-18(28)6-5-7-19(24)29/h5-7,9,12-15,17H,4,8,10-11H2,1-3H3/t17-,27-/m0/s1. The van der Waals surface area contributed by atoms with Crippen LogP contribution < -0.4 is 0 Å². The smallest absolute Gasteiger partial charge is 0.135 e. The highest BCUT2D eigenvalue weighted by molar-refractivity contribution is 5.64. The molecule has 2 bridgehead atoms. The van der Waals surface area contributed by atoms with Gasteiger partial charge in [0, 0.05) is 18.9 Å². The lowest BCUT2D eigenvalue weighted by molar-refractivity contribution is 0.242. The van der Waals surface area contributed by atoms with Crippen LogP contribution in [0.3, 0.4) is 0 Å². The summed E-state index contributed by atoms with van der Waals surface area (Å²) in [5, 5.41) is 13.6. The second-order valence-corrected chi connectivity index (χ2v) is 10.1. The van der Waals surface area contributed by atoms with Gasteiger partial charge in [0.15, 0.2) is 0 Å². The Labute approximate surface area is 202 Å². The van der Waals surface area contributed by atoms with Gasteiger partial charge >= 0.3 is 0 Å². The van der Waals surface area contributed by atoms with Crippen LogP contribution in [0.15, 0.2) is 48.9 Å². The molecule has 6 nitrogen and oxygen atoms in total. The summed E-state index contributed by atoms with van der Waals surface area (Å²) in [6.07, 6.45) is 8.31. The third-order valence-electron chi connectivity index (χ3n) is 8.03. The van der Waals surface area contributed by atoms with Crippen molar-refractivity contribution >= 4 is 0 Å². The van der Waals surface area contributed by atoms with E-state index in [0.717, 1.165) is 54.1 Å². The van der Waals surface area contributed by atoms with E-state index in [4.69, 9.17) is 4.98 Å². The van der Waals surface area contributed by atoms with Crippen LogP contribution in [0.25, 0.3) is 22.6 Å². The van der Waals surface area contributed by atoms with E-state index < -0.39 is 17.0 Å². The molecule has 0 saturated heterocycles. The molecular weight excluding hydrogens is 446 g/mol. The summed E-state index contributed by atoms with van der Waals surface area (Å²) in [5.74, 6) is -1.11. The largest absolute Gasteiger partial charge is 0.272 e. The molecule has 0 aliphatic heterocycles. The monoisotopic (exact) mass is 472 g/mol. The lowest BCUT2D eigenvalue weighted by atomic mass is 9.66. The molecule has 3 aromatic heterocycles. The molecule has 0 unspecified atom stereocenters. The van der Waals surface area contributed by atoms with Crippen LogP contribution in [-0.2, 0) is 12.0 Å². The molecule has 178 valence electrons. The van der Waals surface area contributed by atoms with E-state index in [-0.39, 0.29) is 22.6 Å². The van der Waals surface area contributed by atoms with Gasteiger partial charge in [0.1, 0.15) is 23.0 Å². The van der Waals surface area contributed by atoms with Gasteiger partial charge in [-0.05, 0) is 60.4 Å². The number of hydrogen-bond donors (Lipinski definition) is 0. The number of aromatic nitrogens is 6. The second kappa shape index (κ2) is 7.73. The van der Waals surface area contributed by atoms with E-state index in [9.17, 15) is 8.78 Å². The Morgan fingerprint density at radius 3 is 2.60 bits per heavy atom. The Balaban J connectivity index is 1.48. The Morgan fingerprint density at radius 2 is 1.83 bits per heavy atom. The van der Waals surface area contributed by atoms with Crippen molar-refractivity contribution in [3.63, 3.8) is 0 Å². The fourth-order valence-electron chi connectivity index (χ4n) is 6.30. The van der Waals surface area contributed by atoms with E-state index in [1.165, 1.54) is 18.2 Å². The van der Waals surface area contributed by atoms with Crippen molar-refractivity contribution in [3.8, 4) is 22.6 Å². The van der Waals surface area contributed by atoms with Crippen LogP contribution in [0.1, 0.15) is 62.9 Å². The number of hydrogen-bond acceptors (Lipinski definition) is 5. The molecule has 2 aliphatic carbocycles. The molecule has 3 heterocycles. The molecule has 0 amide bonds. The van der Waals surface area contributed by atoms with Crippen molar-refractivity contribution in [2.24, 2.45) is 5.41 Å². The maximum Gasteiger partial charge on any atom is 0.135 e. The summed E-state index contributed by atoms with van der Waals surface area (Å²) in [5.41, 5.74) is 3.55. The number of rotatable bonds is 5. The number of fused-ring (bicyclic) bond motifs is 5. The molecule has 0 spiro atoms. The van der Waals surface area contributed by atoms with Crippen molar-refractivity contribution in [1.29, 1.82) is 0 Å². The van der Waals surface area contributed by atoms with E-state index in [2.05, 4.69) is 41.1 Å². The molecule has 0 radical (unpaired) electrons. The highest BCUT2D eigenvalue weighted by Gasteiger charge is 2.65. The summed E-state index contributed by atoms with van der Waals surface area (Å²) in [7, 11) is 0. The van der Waals surface area contributed by atoms with Crippen molar-refractivity contribution in [2.75, 3.05) is 0 Å². The number of nitrogens with zero attached hydrogens (tertiary/aromatic N) is 6. The van der Waals surface area contributed by atoms with E-state index in [1.54, 1.807) is 6.20 Å². The minimum atomic E-state index is -0.641. The molecule has 35 heavy (non-hydrogen) atoms. The van der Waals surface area contributed by atoms with Gasteiger partial charge in [0.05, 0.1) is 34.3 Å². The highest BCUT2D eigenvalue weighted by atomic mass is 19.1. The minimum Gasteiger partial charge on any atom is -0.272 e. The zero-order valence-electron chi connectivity index (χ0n) is 20.0. The predicted octanol–water partition coefficient (Wildman–Crippen LogP) is 5.69. The topological polar surface area (TPSA) is 69.4 Å². The quantitative estimate of drug-likeness (QED) is 0.373. The average molecular weight is 473 g/mol. The Morgan fingerprint density at radius 1 is 1.03 bits per heavy atom. The van der Waals surface area contributed by atoms with Crippen molar-refractivity contribution in [1.82, 2.24) is 29.9 Å². The van der Waals surface area contributed by atoms with Crippen molar-refractivity contribution in [3.05, 3.63) is 77.5 Å². The Kier molecular flexibility index (Phi) is 4.85. The van der Waals surface area contributed by atoms with Gasteiger partial charge in [-0.25, -0.2) is 13.8 Å². The molecule has 4 aromatic rings. The maximum atomic E-state index is 14.5. The fourth-order valence-corrected chi connectivity index (χ4v) is 6.30. The molecule has 1 aromatic carbocycles. The fraction of sp³-hybridized carbons (Fsp3) is 0.370. The minimum absolute atomic E-state index is 0.137. The summed E-state index contributed by atoms with van der Waals surface area (Å²) in [4.78, 5) is 9.59. The zero-order valence-corrected chi connectivity index (χ0v) is 20.0. The molecule has 8 heteroatoms. The summed E-state index contributed by atoms with van der Waals surface area (Å²) >= 11 is 0. The number of aryl methyl sites for hydroxylation is 1. The normalized spacial score (nSPS) is 21.9. The Hall–Kier alpha value is -3.55. The lowest BCUT2D eigenvalue weighted by Crippen LogP contribution is -2.38. The first-order valence-corrected chi connectivity index (χ1v) is 12.1. The molecule has 2 aliphatic rings. The summed E-state index contributed by atoms with van der Waals surface area (Å²) in [6, 6.07) is 7.62. The van der Waals surface area contributed by atoms with Crippen LogP contribution in [0.5, 0.6) is 0 Å². The third kappa shape index (κ3) is 3.01. The first-order chi connectivity index (χ1) is 16.9. The molecule has 6 rings (SSSR count). The first-order valence-electron chi connectivity index (χ1n) is 12.1. The van der Waals surface area contributed by atoms with Crippen LogP contribution >= 0.6 is 0 Å². The maximum absolute atomic E-state index is 14.5. The first kappa shape index (κ1) is 21.9. The summed E-state index contributed by atoms with van der Waals surface area (Å²) in [6.45, 7) is 7.41. The van der Waals surface area contributed by atoms with Crippen molar-refractivity contribution in [2.45, 2.75) is 57.9 Å². The predicted molar refractivity (Wildman–Crippen MR) is 127 cm³/mol. The average Bonchev–Trinajstić information content (AvgIpc) is 3.47. The van der Waals surface area contributed by atoms with Crippen LogP contribution in [0.2, 0.25) is 0 Å².